The Hall–Kier alpha value is -0.900. The van der Waals surface area contributed by atoms with Gasteiger partial charge in [-0.25, -0.2) is 4.98 Å². The highest BCUT2D eigenvalue weighted by Crippen LogP contribution is 2.26. The molecular formula is C10H10IN3O3S. The summed E-state index contributed by atoms with van der Waals surface area (Å²) in [5, 5.41) is -0.0849. The first-order chi connectivity index (χ1) is 8.47. The summed E-state index contributed by atoms with van der Waals surface area (Å²) in [5.41, 5.74) is -0.268. The highest BCUT2D eigenvalue weighted by Gasteiger charge is 2.33. The topological polar surface area (TPSA) is 83.1 Å². The van der Waals surface area contributed by atoms with Gasteiger partial charge in [-0.15, -0.1) is 0 Å². The van der Waals surface area contributed by atoms with E-state index in [2.05, 4.69) is 9.97 Å². The molecule has 0 radical (unpaired) electrons. The lowest BCUT2D eigenvalue weighted by Gasteiger charge is -2.14. The number of carbonyl (C=O) groups excluding carboxylic acids is 2. The Kier molecular flexibility index (Phi) is 4.05. The SMILES string of the molecule is CC(=O)SC1CC(=O)N(c2ncc(I)c(=O)[nH]2)C1. The van der Waals surface area contributed by atoms with Gasteiger partial charge in [0.2, 0.25) is 11.9 Å². The van der Waals surface area contributed by atoms with E-state index in [9.17, 15) is 14.4 Å². The third kappa shape index (κ3) is 2.91. The van der Waals surface area contributed by atoms with Crippen LogP contribution in [0.5, 0.6) is 0 Å². The smallest absolute Gasteiger partial charge is 0.265 e. The van der Waals surface area contributed by atoms with Gasteiger partial charge in [0, 0.05) is 31.3 Å². The zero-order chi connectivity index (χ0) is 13.3. The molecule has 0 spiro atoms. The van der Waals surface area contributed by atoms with Crippen LogP contribution in [0.3, 0.4) is 0 Å². The maximum Gasteiger partial charge on any atom is 0.265 e. The number of halogens is 1. The molecule has 96 valence electrons. The van der Waals surface area contributed by atoms with Gasteiger partial charge in [0.1, 0.15) is 0 Å². The highest BCUT2D eigenvalue weighted by molar-refractivity contribution is 14.1. The molecule has 0 aromatic carbocycles. The molecule has 18 heavy (non-hydrogen) atoms. The quantitative estimate of drug-likeness (QED) is 0.768. The number of hydrogen-bond donors (Lipinski definition) is 1. The number of H-pyrrole nitrogens is 1. The molecule has 0 bridgehead atoms. The molecule has 2 heterocycles. The van der Waals surface area contributed by atoms with Gasteiger partial charge in [0.25, 0.3) is 5.56 Å². The molecule has 6 nitrogen and oxygen atoms in total. The average molecular weight is 379 g/mol. The second-order valence-electron chi connectivity index (χ2n) is 3.82. The van der Waals surface area contributed by atoms with Gasteiger partial charge < -0.3 is 0 Å². The molecular weight excluding hydrogens is 369 g/mol. The zero-order valence-corrected chi connectivity index (χ0v) is 12.4. The second-order valence-corrected chi connectivity index (χ2v) is 6.46. The molecule has 1 aliphatic rings. The van der Waals surface area contributed by atoms with Crippen molar-refractivity contribution in [3.05, 3.63) is 20.1 Å². The van der Waals surface area contributed by atoms with Crippen LogP contribution in [0.2, 0.25) is 0 Å². The number of amides is 1. The minimum Gasteiger partial charge on any atom is -0.291 e. The van der Waals surface area contributed by atoms with Gasteiger partial charge >= 0.3 is 0 Å². The van der Waals surface area contributed by atoms with E-state index in [-0.39, 0.29) is 27.8 Å². The molecule has 1 N–H and O–H groups in total. The van der Waals surface area contributed by atoms with Crippen molar-refractivity contribution in [2.75, 3.05) is 11.4 Å². The fourth-order valence-electron chi connectivity index (χ4n) is 1.70. The number of hydrogen-bond acceptors (Lipinski definition) is 5. The molecule has 1 atom stereocenters. The lowest BCUT2D eigenvalue weighted by atomic mass is 10.4. The fourth-order valence-corrected chi connectivity index (χ4v) is 2.89. The maximum atomic E-state index is 11.8. The van der Waals surface area contributed by atoms with Crippen molar-refractivity contribution >= 4 is 51.3 Å². The summed E-state index contributed by atoms with van der Waals surface area (Å²) in [7, 11) is 0. The first-order valence-electron chi connectivity index (χ1n) is 5.20. The Balaban J connectivity index is 2.19. The summed E-state index contributed by atoms with van der Waals surface area (Å²) in [5.74, 6) is 0.121. The van der Waals surface area contributed by atoms with Crippen molar-refractivity contribution in [3.8, 4) is 0 Å². The van der Waals surface area contributed by atoms with Gasteiger partial charge in [-0.05, 0) is 22.6 Å². The molecule has 1 aromatic heterocycles. The second kappa shape index (κ2) is 5.39. The van der Waals surface area contributed by atoms with E-state index in [1.165, 1.54) is 18.0 Å². The number of aromatic amines is 1. The van der Waals surface area contributed by atoms with Crippen LogP contribution in [0.15, 0.2) is 11.0 Å². The first kappa shape index (κ1) is 13.5. The Bertz CT molecular complexity index is 560. The minimum atomic E-state index is -0.268. The zero-order valence-electron chi connectivity index (χ0n) is 9.47. The molecule has 2 rings (SSSR count). The fraction of sp³-hybridized carbons (Fsp3) is 0.400. The summed E-state index contributed by atoms with van der Waals surface area (Å²) < 4.78 is 0.470. The largest absolute Gasteiger partial charge is 0.291 e. The van der Waals surface area contributed by atoms with Crippen LogP contribution in [-0.4, -0.2) is 32.8 Å². The number of anilines is 1. The molecule has 1 fully saturated rings. The van der Waals surface area contributed by atoms with E-state index in [4.69, 9.17) is 0 Å². The molecule has 1 amide bonds. The third-order valence-corrected chi connectivity index (χ3v) is 4.17. The van der Waals surface area contributed by atoms with Crippen LogP contribution in [0.4, 0.5) is 5.95 Å². The van der Waals surface area contributed by atoms with Gasteiger partial charge in [-0.3, -0.25) is 24.3 Å². The normalized spacial score (nSPS) is 19.3. The molecule has 0 saturated carbocycles. The van der Waals surface area contributed by atoms with Crippen molar-refractivity contribution < 1.29 is 9.59 Å². The molecule has 8 heteroatoms. The number of nitrogens with zero attached hydrogens (tertiary/aromatic N) is 2. The lowest BCUT2D eigenvalue weighted by Crippen LogP contribution is -2.29. The summed E-state index contributed by atoms with van der Waals surface area (Å²) in [6, 6.07) is 0. The number of carbonyl (C=O) groups is 2. The van der Waals surface area contributed by atoms with Crippen molar-refractivity contribution in [2.45, 2.75) is 18.6 Å². The predicted octanol–water partition coefficient (Wildman–Crippen LogP) is 0.759. The van der Waals surface area contributed by atoms with Crippen LogP contribution in [0, 0.1) is 3.57 Å². The molecule has 1 aliphatic heterocycles. The van der Waals surface area contributed by atoms with Crippen molar-refractivity contribution in [2.24, 2.45) is 0 Å². The van der Waals surface area contributed by atoms with Crippen LogP contribution >= 0.6 is 34.4 Å². The Morgan fingerprint density at radius 1 is 1.61 bits per heavy atom. The summed E-state index contributed by atoms with van der Waals surface area (Å²) in [6.45, 7) is 1.87. The first-order valence-corrected chi connectivity index (χ1v) is 7.15. The van der Waals surface area contributed by atoms with Gasteiger partial charge in [0.15, 0.2) is 5.12 Å². The van der Waals surface area contributed by atoms with Gasteiger partial charge in [0.05, 0.1) is 3.57 Å². The van der Waals surface area contributed by atoms with Crippen LogP contribution < -0.4 is 10.5 Å². The van der Waals surface area contributed by atoms with Crippen molar-refractivity contribution in [1.29, 1.82) is 0 Å². The predicted molar refractivity (Wildman–Crippen MR) is 76.6 cm³/mol. The van der Waals surface area contributed by atoms with Crippen LogP contribution in [0.1, 0.15) is 13.3 Å². The molecule has 0 aliphatic carbocycles. The molecule has 1 aromatic rings. The summed E-state index contributed by atoms with van der Waals surface area (Å²) in [6.07, 6.45) is 1.72. The van der Waals surface area contributed by atoms with Crippen LogP contribution in [-0.2, 0) is 9.59 Å². The third-order valence-electron chi connectivity index (χ3n) is 2.42. The van der Waals surface area contributed by atoms with E-state index < -0.39 is 0 Å². The monoisotopic (exact) mass is 379 g/mol. The van der Waals surface area contributed by atoms with Gasteiger partial charge in [-0.1, -0.05) is 11.8 Å². The number of thioether (sulfide) groups is 1. The number of nitrogens with one attached hydrogen (secondary N) is 1. The average Bonchev–Trinajstić information content (AvgIpc) is 2.62. The summed E-state index contributed by atoms with van der Waals surface area (Å²) >= 11 is 3.02. The van der Waals surface area contributed by atoms with E-state index in [0.717, 1.165) is 11.8 Å². The Labute approximate surface area is 121 Å². The minimum absolute atomic E-state index is 0.0151. The lowest BCUT2D eigenvalue weighted by molar-refractivity contribution is -0.117. The van der Waals surface area contributed by atoms with Crippen molar-refractivity contribution in [1.82, 2.24) is 9.97 Å². The number of aromatic nitrogens is 2. The highest BCUT2D eigenvalue weighted by atomic mass is 127. The Morgan fingerprint density at radius 2 is 2.33 bits per heavy atom. The molecule has 1 unspecified atom stereocenters. The number of rotatable bonds is 2. The van der Waals surface area contributed by atoms with Crippen LogP contribution in [0.25, 0.3) is 0 Å². The summed E-state index contributed by atoms with van der Waals surface area (Å²) in [4.78, 5) is 42.3. The van der Waals surface area contributed by atoms with E-state index in [1.807, 2.05) is 22.6 Å². The van der Waals surface area contributed by atoms with E-state index in [1.54, 1.807) is 0 Å². The van der Waals surface area contributed by atoms with E-state index in [0.29, 0.717) is 16.5 Å². The van der Waals surface area contributed by atoms with Crippen molar-refractivity contribution in [3.63, 3.8) is 0 Å². The Morgan fingerprint density at radius 3 is 2.94 bits per heavy atom. The van der Waals surface area contributed by atoms with Gasteiger partial charge in [-0.2, -0.15) is 0 Å². The maximum absolute atomic E-state index is 11.8. The standard InChI is InChI=1S/C10H10IN3O3S/c1-5(15)18-6-2-8(16)14(4-6)10-12-3-7(11)9(17)13-10/h3,6H,2,4H2,1H3,(H,12,13,17). The molecule has 1 saturated heterocycles. The van der Waals surface area contributed by atoms with E-state index >= 15 is 0 Å².